The standard InChI is InChI=1S/C24H30FN5O2/c1-16-21(23(31)28-20-5-3-19(25)4-6-20)15-26-22(27-16)17-9-13-30(14-10-17)24(32)18-7-11-29(2)12-8-18/h3-6,15,17-18H,7-14H2,1-2H3,(H,28,31). The van der Waals surface area contributed by atoms with Crippen LogP contribution in [-0.4, -0.2) is 64.8 Å². The number of aryl methyl sites for hydroxylation is 1. The summed E-state index contributed by atoms with van der Waals surface area (Å²) in [4.78, 5) is 38.8. The van der Waals surface area contributed by atoms with E-state index in [0.29, 0.717) is 22.9 Å². The van der Waals surface area contributed by atoms with E-state index < -0.39 is 0 Å². The second-order valence-electron chi connectivity index (χ2n) is 8.87. The Morgan fingerprint density at radius 2 is 1.69 bits per heavy atom. The zero-order valence-electron chi connectivity index (χ0n) is 18.7. The lowest BCUT2D eigenvalue weighted by Gasteiger charge is -2.36. The fourth-order valence-electron chi connectivity index (χ4n) is 4.51. The van der Waals surface area contributed by atoms with Crippen molar-refractivity contribution in [3.05, 3.63) is 53.4 Å². The molecule has 0 atom stereocenters. The quantitative estimate of drug-likeness (QED) is 0.791. The van der Waals surface area contributed by atoms with E-state index in [0.717, 1.165) is 57.7 Å². The van der Waals surface area contributed by atoms with Crippen molar-refractivity contribution in [3.63, 3.8) is 0 Å². The van der Waals surface area contributed by atoms with Crippen molar-refractivity contribution in [1.29, 1.82) is 0 Å². The van der Waals surface area contributed by atoms with Crippen molar-refractivity contribution >= 4 is 17.5 Å². The molecule has 0 bridgehead atoms. The number of nitrogens with one attached hydrogen (secondary N) is 1. The number of anilines is 1. The number of likely N-dealkylation sites (tertiary alicyclic amines) is 2. The van der Waals surface area contributed by atoms with Gasteiger partial charge in [-0.25, -0.2) is 14.4 Å². The fourth-order valence-corrected chi connectivity index (χ4v) is 4.51. The molecule has 32 heavy (non-hydrogen) atoms. The van der Waals surface area contributed by atoms with Gasteiger partial charge in [0, 0.05) is 36.8 Å². The normalized spacial score (nSPS) is 18.5. The van der Waals surface area contributed by atoms with Crippen LogP contribution in [0.15, 0.2) is 30.5 Å². The molecule has 2 aromatic rings. The molecule has 2 aliphatic heterocycles. The number of carbonyl (C=O) groups is 2. The van der Waals surface area contributed by atoms with Crippen molar-refractivity contribution in [3.8, 4) is 0 Å². The second kappa shape index (κ2) is 9.73. The highest BCUT2D eigenvalue weighted by atomic mass is 19.1. The number of hydrogen-bond donors (Lipinski definition) is 1. The molecule has 2 aliphatic rings. The molecule has 7 nitrogen and oxygen atoms in total. The Morgan fingerprint density at radius 3 is 2.31 bits per heavy atom. The van der Waals surface area contributed by atoms with Crippen molar-refractivity contribution in [2.24, 2.45) is 5.92 Å². The molecule has 170 valence electrons. The number of carbonyl (C=O) groups excluding carboxylic acids is 2. The largest absolute Gasteiger partial charge is 0.342 e. The lowest BCUT2D eigenvalue weighted by molar-refractivity contribution is -0.138. The summed E-state index contributed by atoms with van der Waals surface area (Å²) >= 11 is 0. The molecule has 0 unspecified atom stereocenters. The number of benzene rings is 1. The van der Waals surface area contributed by atoms with Crippen LogP contribution in [0, 0.1) is 18.7 Å². The minimum Gasteiger partial charge on any atom is -0.342 e. The average molecular weight is 440 g/mol. The first-order valence-corrected chi connectivity index (χ1v) is 11.3. The Morgan fingerprint density at radius 1 is 1.03 bits per heavy atom. The molecule has 0 aliphatic carbocycles. The summed E-state index contributed by atoms with van der Waals surface area (Å²) in [6.45, 7) is 5.22. The number of amides is 2. The number of nitrogens with zero attached hydrogens (tertiary/aromatic N) is 4. The zero-order valence-corrected chi connectivity index (χ0v) is 18.7. The maximum Gasteiger partial charge on any atom is 0.259 e. The monoisotopic (exact) mass is 439 g/mol. The summed E-state index contributed by atoms with van der Waals surface area (Å²) in [5, 5.41) is 2.74. The Hall–Kier alpha value is -2.87. The lowest BCUT2D eigenvalue weighted by atomic mass is 9.91. The number of hydrogen-bond acceptors (Lipinski definition) is 5. The van der Waals surface area contributed by atoms with Gasteiger partial charge in [-0.2, -0.15) is 0 Å². The minimum absolute atomic E-state index is 0.153. The molecule has 1 N–H and O–H groups in total. The summed E-state index contributed by atoms with van der Waals surface area (Å²) in [5.74, 6) is 0.684. The molecular formula is C24H30FN5O2. The van der Waals surface area contributed by atoms with Gasteiger partial charge in [-0.3, -0.25) is 9.59 Å². The summed E-state index contributed by atoms with van der Waals surface area (Å²) < 4.78 is 13.1. The Bertz CT molecular complexity index is 965. The first kappa shape index (κ1) is 22.3. The summed E-state index contributed by atoms with van der Waals surface area (Å²) in [6, 6.07) is 5.62. The van der Waals surface area contributed by atoms with Gasteiger partial charge in [-0.05, 0) is 77.0 Å². The number of aromatic nitrogens is 2. The van der Waals surface area contributed by atoms with E-state index in [1.54, 1.807) is 13.1 Å². The molecule has 1 aromatic carbocycles. The fraction of sp³-hybridized carbons (Fsp3) is 0.500. The predicted octanol–water partition coefficient (Wildman–Crippen LogP) is 3.22. The topological polar surface area (TPSA) is 78.4 Å². The smallest absolute Gasteiger partial charge is 0.259 e. The third kappa shape index (κ3) is 5.12. The minimum atomic E-state index is -0.356. The van der Waals surface area contributed by atoms with Crippen molar-refractivity contribution in [2.45, 2.75) is 38.5 Å². The van der Waals surface area contributed by atoms with E-state index in [1.165, 1.54) is 24.3 Å². The molecule has 2 amide bonds. The Kier molecular flexibility index (Phi) is 6.79. The van der Waals surface area contributed by atoms with E-state index in [2.05, 4.69) is 27.2 Å². The van der Waals surface area contributed by atoms with Gasteiger partial charge in [-0.15, -0.1) is 0 Å². The highest BCUT2D eigenvalue weighted by molar-refractivity contribution is 6.04. The number of rotatable bonds is 4. The van der Waals surface area contributed by atoms with Gasteiger partial charge >= 0.3 is 0 Å². The molecule has 3 heterocycles. The van der Waals surface area contributed by atoms with Crippen LogP contribution >= 0.6 is 0 Å². The van der Waals surface area contributed by atoms with Gasteiger partial charge in [0.25, 0.3) is 5.91 Å². The number of piperidine rings is 2. The van der Waals surface area contributed by atoms with Gasteiger partial charge in [0.2, 0.25) is 5.91 Å². The molecule has 0 saturated carbocycles. The van der Waals surface area contributed by atoms with Gasteiger partial charge in [0.1, 0.15) is 11.6 Å². The van der Waals surface area contributed by atoms with Crippen LogP contribution in [0.25, 0.3) is 0 Å². The number of halogens is 1. The van der Waals surface area contributed by atoms with E-state index >= 15 is 0 Å². The van der Waals surface area contributed by atoms with E-state index in [-0.39, 0.29) is 23.6 Å². The molecular weight excluding hydrogens is 409 g/mol. The molecule has 2 fully saturated rings. The van der Waals surface area contributed by atoms with Crippen LogP contribution in [0.2, 0.25) is 0 Å². The van der Waals surface area contributed by atoms with Crippen LogP contribution in [-0.2, 0) is 4.79 Å². The summed E-state index contributed by atoms with van der Waals surface area (Å²) in [6.07, 6.45) is 5.11. The third-order valence-corrected chi connectivity index (χ3v) is 6.58. The van der Waals surface area contributed by atoms with Crippen LogP contribution in [0.4, 0.5) is 10.1 Å². The van der Waals surface area contributed by atoms with Crippen molar-refractivity contribution < 1.29 is 14.0 Å². The average Bonchev–Trinajstić information content (AvgIpc) is 2.80. The molecule has 4 rings (SSSR count). The molecule has 8 heteroatoms. The third-order valence-electron chi connectivity index (χ3n) is 6.58. The molecule has 0 spiro atoms. The van der Waals surface area contributed by atoms with Gasteiger partial charge in [0.05, 0.1) is 11.3 Å². The summed E-state index contributed by atoms with van der Waals surface area (Å²) in [7, 11) is 2.10. The maximum absolute atomic E-state index is 13.1. The van der Waals surface area contributed by atoms with Gasteiger partial charge in [0.15, 0.2) is 0 Å². The van der Waals surface area contributed by atoms with Crippen LogP contribution in [0.5, 0.6) is 0 Å². The Labute approximate surface area is 188 Å². The maximum atomic E-state index is 13.1. The molecule has 0 radical (unpaired) electrons. The van der Waals surface area contributed by atoms with E-state index in [9.17, 15) is 14.0 Å². The first-order valence-electron chi connectivity index (χ1n) is 11.3. The Balaban J connectivity index is 1.34. The highest BCUT2D eigenvalue weighted by Gasteiger charge is 2.31. The first-order chi connectivity index (χ1) is 15.4. The van der Waals surface area contributed by atoms with Gasteiger partial charge < -0.3 is 15.1 Å². The lowest BCUT2D eigenvalue weighted by Crippen LogP contribution is -2.44. The SMILES string of the molecule is Cc1nc(C2CCN(C(=O)C3CCN(C)CC3)CC2)ncc1C(=O)Nc1ccc(F)cc1. The van der Waals surface area contributed by atoms with Gasteiger partial charge in [-0.1, -0.05) is 0 Å². The summed E-state index contributed by atoms with van der Waals surface area (Å²) in [5.41, 5.74) is 1.52. The molecule has 2 saturated heterocycles. The molecule has 1 aromatic heterocycles. The van der Waals surface area contributed by atoms with E-state index in [4.69, 9.17) is 0 Å². The predicted molar refractivity (Wildman–Crippen MR) is 120 cm³/mol. The second-order valence-corrected chi connectivity index (χ2v) is 8.87. The highest BCUT2D eigenvalue weighted by Crippen LogP contribution is 2.28. The van der Waals surface area contributed by atoms with Crippen molar-refractivity contribution in [2.75, 3.05) is 38.5 Å². The zero-order chi connectivity index (χ0) is 22.7. The van der Waals surface area contributed by atoms with Crippen LogP contribution in [0.1, 0.15) is 53.5 Å². The van der Waals surface area contributed by atoms with Crippen molar-refractivity contribution in [1.82, 2.24) is 19.8 Å². The van der Waals surface area contributed by atoms with Crippen LogP contribution < -0.4 is 5.32 Å². The van der Waals surface area contributed by atoms with E-state index in [1.807, 2.05) is 4.90 Å². The van der Waals surface area contributed by atoms with Crippen LogP contribution in [0.3, 0.4) is 0 Å².